The molecule has 0 bridgehead atoms. The SMILES string of the molecule is Cc1cccc(NC(=O)NC2CCC2)c1C(N)=S. The van der Waals surface area contributed by atoms with Gasteiger partial charge in [-0.1, -0.05) is 24.4 Å². The van der Waals surface area contributed by atoms with E-state index in [0.717, 1.165) is 24.0 Å². The fraction of sp³-hybridized carbons (Fsp3) is 0.385. The molecule has 0 saturated heterocycles. The van der Waals surface area contributed by atoms with Crippen LogP contribution >= 0.6 is 12.2 Å². The van der Waals surface area contributed by atoms with E-state index in [9.17, 15) is 4.79 Å². The number of nitrogens with two attached hydrogens (primary N) is 1. The smallest absolute Gasteiger partial charge is 0.319 e. The quantitative estimate of drug-likeness (QED) is 0.733. The Balaban J connectivity index is 2.10. The van der Waals surface area contributed by atoms with Gasteiger partial charge in [-0.3, -0.25) is 0 Å². The van der Waals surface area contributed by atoms with E-state index in [0.29, 0.717) is 16.7 Å². The Labute approximate surface area is 112 Å². The molecule has 0 radical (unpaired) electrons. The first-order valence-electron chi connectivity index (χ1n) is 6.05. The summed E-state index contributed by atoms with van der Waals surface area (Å²) in [5.41, 5.74) is 8.05. The van der Waals surface area contributed by atoms with Crippen molar-refractivity contribution in [2.24, 2.45) is 5.73 Å². The number of aryl methyl sites for hydroxylation is 1. The van der Waals surface area contributed by atoms with Crippen LogP contribution in [0.3, 0.4) is 0 Å². The first-order chi connectivity index (χ1) is 8.58. The molecule has 2 rings (SSSR count). The minimum absolute atomic E-state index is 0.192. The molecule has 0 heterocycles. The first-order valence-corrected chi connectivity index (χ1v) is 6.45. The van der Waals surface area contributed by atoms with E-state index in [1.165, 1.54) is 6.42 Å². The molecule has 96 valence electrons. The Bertz CT molecular complexity index is 483. The number of amides is 2. The summed E-state index contributed by atoms with van der Waals surface area (Å²) in [6, 6.07) is 5.72. The van der Waals surface area contributed by atoms with Gasteiger partial charge < -0.3 is 16.4 Å². The summed E-state index contributed by atoms with van der Waals surface area (Å²) in [6.45, 7) is 1.92. The maximum atomic E-state index is 11.8. The fourth-order valence-electron chi connectivity index (χ4n) is 2.00. The number of hydrogen-bond donors (Lipinski definition) is 3. The molecule has 0 spiro atoms. The lowest BCUT2D eigenvalue weighted by molar-refractivity contribution is 0.240. The molecule has 0 aromatic heterocycles. The van der Waals surface area contributed by atoms with Crippen molar-refractivity contribution in [3.8, 4) is 0 Å². The average molecular weight is 263 g/mol. The second kappa shape index (κ2) is 5.35. The number of thiocarbonyl (C=S) groups is 1. The van der Waals surface area contributed by atoms with Gasteiger partial charge in [0.15, 0.2) is 0 Å². The third-order valence-corrected chi connectivity index (χ3v) is 3.41. The molecule has 2 amide bonds. The summed E-state index contributed by atoms with van der Waals surface area (Å²) in [6.07, 6.45) is 3.31. The molecule has 1 aliphatic carbocycles. The lowest BCUT2D eigenvalue weighted by Gasteiger charge is -2.26. The molecule has 0 unspecified atom stereocenters. The Kier molecular flexibility index (Phi) is 3.81. The molecule has 4 N–H and O–H groups in total. The van der Waals surface area contributed by atoms with Crippen molar-refractivity contribution in [2.45, 2.75) is 32.2 Å². The van der Waals surface area contributed by atoms with Crippen LogP contribution in [0.15, 0.2) is 18.2 Å². The van der Waals surface area contributed by atoms with Crippen LogP contribution in [0.25, 0.3) is 0 Å². The Morgan fingerprint density at radius 1 is 1.44 bits per heavy atom. The summed E-state index contributed by atoms with van der Waals surface area (Å²) in [5, 5.41) is 5.73. The first kappa shape index (κ1) is 12.8. The van der Waals surface area contributed by atoms with Crippen LogP contribution in [-0.4, -0.2) is 17.1 Å². The number of benzene rings is 1. The molecule has 1 fully saturated rings. The Hall–Kier alpha value is -1.62. The summed E-state index contributed by atoms with van der Waals surface area (Å²) in [5.74, 6) is 0. The van der Waals surface area contributed by atoms with Gasteiger partial charge in [-0.15, -0.1) is 0 Å². The lowest BCUT2D eigenvalue weighted by atomic mass is 9.93. The number of nitrogens with one attached hydrogen (secondary N) is 2. The highest BCUT2D eigenvalue weighted by Crippen LogP contribution is 2.21. The number of carbonyl (C=O) groups is 1. The third kappa shape index (κ3) is 2.79. The van der Waals surface area contributed by atoms with Gasteiger partial charge in [0.05, 0.1) is 5.69 Å². The number of urea groups is 1. The van der Waals surface area contributed by atoms with Crippen molar-refractivity contribution >= 4 is 28.9 Å². The van der Waals surface area contributed by atoms with E-state index in [1.54, 1.807) is 0 Å². The van der Waals surface area contributed by atoms with Crippen molar-refractivity contribution in [1.82, 2.24) is 5.32 Å². The van der Waals surface area contributed by atoms with Gasteiger partial charge in [0, 0.05) is 11.6 Å². The van der Waals surface area contributed by atoms with E-state index < -0.39 is 0 Å². The van der Waals surface area contributed by atoms with Crippen LogP contribution in [0.5, 0.6) is 0 Å². The van der Waals surface area contributed by atoms with Gasteiger partial charge in [-0.2, -0.15) is 0 Å². The molecule has 1 saturated carbocycles. The van der Waals surface area contributed by atoms with Crippen molar-refractivity contribution in [3.63, 3.8) is 0 Å². The topological polar surface area (TPSA) is 67.2 Å². The van der Waals surface area contributed by atoms with Crippen LogP contribution in [0.4, 0.5) is 10.5 Å². The zero-order chi connectivity index (χ0) is 13.1. The van der Waals surface area contributed by atoms with Gasteiger partial charge in [0.25, 0.3) is 0 Å². The minimum Gasteiger partial charge on any atom is -0.389 e. The zero-order valence-electron chi connectivity index (χ0n) is 10.3. The van der Waals surface area contributed by atoms with E-state index in [-0.39, 0.29) is 6.03 Å². The van der Waals surface area contributed by atoms with Crippen LogP contribution in [0.2, 0.25) is 0 Å². The maximum absolute atomic E-state index is 11.8. The number of hydrogen-bond acceptors (Lipinski definition) is 2. The van der Waals surface area contributed by atoms with Gasteiger partial charge in [-0.25, -0.2) is 4.79 Å². The van der Waals surface area contributed by atoms with E-state index >= 15 is 0 Å². The van der Waals surface area contributed by atoms with Crippen LogP contribution in [0.1, 0.15) is 30.4 Å². The highest BCUT2D eigenvalue weighted by molar-refractivity contribution is 7.80. The number of rotatable bonds is 3. The second-order valence-corrected chi connectivity index (χ2v) is 5.03. The van der Waals surface area contributed by atoms with Crippen LogP contribution in [-0.2, 0) is 0 Å². The van der Waals surface area contributed by atoms with E-state index in [2.05, 4.69) is 10.6 Å². The molecular weight excluding hydrogens is 246 g/mol. The standard InChI is InChI=1S/C13H17N3OS/c1-8-4-2-7-10(11(8)12(14)18)16-13(17)15-9-5-3-6-9/h2,4,7,9H,3,5-6H2,1H3,(H2,14,18)(H2,15,16,17). The van der Waals surface area contributed by atoms with Crippen molar-refractivity contribution in [3.05, 3.63) is 29.3 Å². The molecular formula is C13H17N3OS. The minimum atomic E-state index is -0.192. The second-order valence-electron chi connectivity index (χ2n) is 4.59. The maximum Gasteiger partial charge on any atom is 0.319 e. The van der Waals surface area contributed by atoms with Crippen molar-refractivity contribution in [2.75, 3.05) is 5.32 Å². The largest absolute Gasteiger partial charge is 0.389 e. The van der Waals surface area contributed by atoms with E-state index in [1.807, 2.05) is 25.1 Å². The predicted octanol–water partition coefficient (Wildman–Crippen LogP) is 2.30. The third-order valence-electron chi connectivity index (χ3n) is 3.21. The van der Waals surface area contributed by atoms with Crippen LogP contribution < -0.4 is 16.4 Å². The van der Waals surface area contributed by atoms with Crippen LogP contribution in [0, 0.1) is 6.92 Å². The molecule has 1 aromatic carbocycles. The Morgan fingerprint density at radius 2 is 2.17 bits per heavy atom. The summed E-state index contributed by atoms with van der Waals surface area (Å²) >= 11 is 5.02. The highest BCUT2D eigenvalue weighted by Gasteiger charge is 2.20. The molecule has 4 nitrogen and oxygen atoms in total. The molecule has 18 heavy (non-hydrogen) atoms. The lowest BCUT2D eigenvalue weighted by Crippen LogP contribution is -2.42. The number of carbonyl (C=O) groups excluding carboxylic acids is 1. The van der Waals surface area contributed by atoms with Crippen molar-refractivity contribution in [1.29, 1.82) is 0 Å². The van der Waals surface area contributed by atoms with Gasteiger partial charge >= 0.3 is 6.03 Å². The number of anilines is 1. The fourth-order valence-corrected chi connectivity index (χ4v) is 2.27. The molecule has 0 atom stereocenters. The highest BCUT2D eigenvalue weighted by atomic mass is 32.1. The van der Waals surface area contributed by atoms with Crippen molar-refractivity contribution < 1.29 is 4.79 Å². The van der Waals surface area contributed by atoms with Gasteiger partial charge in [-0.05, 0) is 37.8 Å². The average Bonchev–Trinajstić information content (AvgIpc) is 2.23. The molecule has 1 aliphatic rings. The van der Waals surface area contributed by atoms with E-state index in [4.69, 9.17) is 18.0 Å². The Morgan fingerprint density at radius 3 is 2.72 bits per heavy atom. The zero-order valence-corrected chi connectivity index (χ0v) is 11.1. The monoisotopic (exact) mass is 263 g/mol. The molecule has 0 aliphatic heterocycles. The van der Waals surface area contributed by atoms with Gasteiger partial charge in [0.2, 0.25) is 0 Å². The summed E-state index contributed by atoms with van der Waals surface area (Å²) in [7, 11) is 0. The predicted molar refractivity (Wildman–Crippen MR) is 76.9 cm³/mol. The molecule has 5 heteroatoms. The summed E-state index contributed by atoms with van der Waals surface area (Å²) < 4.78 is 0. The summed E-state index contributed by atoms with van der Waals surface area (Å²) in [4.78, 5) is 12.1. The molecule has 1 aromatic rings. The normalized spacial score (nSPS) is 14.7. The van der Waals surface area contributed by atoms with Gasteiger partial charge in [0.1, 0.15) is 4.99 Å².